The highest BCUT2D eigenvalue weighted by atomic mass is 16.7. The molecule has 1 aromatic carbocycles. The predicted octanol–water partition coefficient (Wildman–Crippen LogP) is 7.12. The second-order valence-corrected chi connectivity index (χ2v) is 8.25. The molecule has 0 radical (unpaired) electrons. The lowest BCUT2D eigenvalue weighted by atomic mass is 10.0. The Bertz CT molecular complexity index is 875. The monoisotopic (exact) mass is 437 g/mol. The van der Waals surface area contributed by atoms with Gasteiger partial charge in [-0.15, -0.1) is 0 Å². The van der Waals surface area contributed by atoms with Gasteiger partial charge in [0, 0.05) is 29.8 Å². The van der Waals surface area contributed by atoms with Crippen molar-refractivity contribution in [2.75, 3.05) is 0 Å². The maximum atomic E-state index is 11.9. The van der Waals surface area contributed by atoms with E-state index in [0.29, 0.717) is 18.1 Å². The average molecular weight is 438 g/mol. The Morgan fingerprint density at radius 1 is 0.969 bits per heavy atom. The highest BCUT2D eigenvalue weighted by molar-refractivity contribution is 5.72. The molecule has 3 rings (SSSR count). The summed E-state index contributed by atoms with van der Waals surface area (Å²) < 4.78 is 17.2. The highest BCUT2D eigenvalue weighted by Gasteiger charge is 2.25. The van der Waals surface area contributed by atoms with Crippen LogP contribution in [0.25, 0.3) is 5.76 Å². The van der Waals surface area contributed by atoms with Crippen molar-refractivity contribution in [2.45, 2.75) is 84.3 Å². The van der Waals surface area contributed by atoms with Gasteiger partial charge < -0.3 is 14.2 Å². The molecule has 2 heterocycles. The average Bonchev–Trinajstić information content (AvgIpc) is 3.30. The summed E-state index contributed by atoms with van der Waals surface area (Å²) in [5.41, 5.74) is 3.13. The number of carbonyl (C=O) groups is 1. The molecule has 1 aliphatic rings. The molecule has 0 spiro atoms. The number of esters is 1. The van der Waals surface area contributed by atoms with Gasteiger partial charge in [0.25, 0.3) is 6.29 Å². The fraction of sp³-hybridized carbons (Fsp3) is 0.481. The van der Waals surface area contributed by atoms with Crippen LogP contribution in [0, 0.1) is 0 Å². The molecule has 1 aromatic heterocycles. The van der Waals surface area contributed by atoms with Crippen LogP contribution in [0.15, 0.2) is 48.9 Å². The lowest BCUT2D eigenvalue weighted by molar-refractivity contribution is -0.134. The maximum Gasteiger partial charge on any atom is 0.312 e. The van der Waals surface area contributed by atoms with Gasteiger partial charge in [-0.1, -0.05) is 76.6 Å². The second kappa shape index (κ2) is 12.9. The number of ether oxygens (including phenoxy) is 3. The van der Waals surface area contributed by atoms with E-state index in [1.165, 1.54) is 37.7 Å². The first-order valence-corrected chi connectivity index (χ1v) is 12.0. The quantitative estimate of drug-likeness (QED) is 0.246. The molecule has 1 aliphatic heterocycles. The van der Waals surface area contributed by atoms with E-state index in [2.05, 4.69) is 37.0 Å². The number of hydrogen-bond donors (Lipinski definition) is 0. The number of nitrogens with zero attached hydrogens (tertiary/aromatic N) is 1. The molecule has 0 aliphatic carbocycles. The molecule has 1 unspecified atom stereocenters. The number of pyridine rings is 1. The lowest BCUT2D eigenvalue weighted by Gasteiger charge is -2.16. The summed E-state index contributed by atoms with van der Waals surface area (Å²) >= 11 is 0. The zero-order chi connectivity index (χ0) is 22.6. The summed E-state index contributed by atoms with van der Waals surface area (Å²) in [6.07, 6.45) is 13.5. The van der Waals surface area contributed by atoms with E-state index < -0.39 is 6.29 Å². The van der Waals surface area contributed by atoms with Gasteiger partial charge >= 0.3 is 5.97 Å². The van der Waals surface area contributed by atoms with Gasteiger partial charge in [0.15, 0.2) is 5.76 Å². The number of unbranched alkanes of at least 4 members (excludes halogenated alkanes) is 6. The Hall–Kier alpha value is -2.82. The van der Waals surface area contributed by atoms with Crippen LogP contribution in [0.1, 0.15) is 94.6 Å². The Labute approximate surface area is 191 Å². The van der Waals surface area contributed by atoms with Crippen LogP contribution in [-0.4, -0.2) is 11.0 Å². The van der Waals surface area contributed by atoms with E-state index in [0.717, 1.165) is 36.8 Å². The van der Waals surface area contributed by atoms with Gasteiger partial charge in [0.1, 0.15) is 6.26 Å². The Balaban J connectivity index is 1.53. The van der Waals surface area contributed by atoms with Crippen LogP contribution in [0.2, 0.25) is 0 Å². The molecule has 32 heavy (non-hydrogen) atoms. The number of benzene rings is 1. The summed E-state index contributed by atoms with van der Waals surface area (Å²) in [6, 6.07) is 11.8. The molecular formula is C27H35NO4. The van der Waals surface area contributed by atoms with Crippen LogP contribution in [0.3, 0.4) is 0 Å². The van der Waals surface area contributed by atoms with Crippen molar-refractivity contribution in [1.29, 1.82) is 0 Å². The minimum absolute atomic E-state index is 0.246. The summed E-state index contributed by atoms with van der Waals surface area (Å²) in [5, 5.41) is 0. The van der Waals surface area contributed by atoms with Crippen molar-refractivity contribution in [3.05, 3.63) is 65.5 Å². The zero-order valence-corrected chi connectivity index (χ0v) is 19.3. The maximum absolute atomic E-state index is 11.9. The van der Waals surface area contributed by atoms with E-state index in [1.54, 1.807) is 18.5 Å². The van der Waals surface area contributed by atoms with E-state index >= 15 is 0 Å². The van der Waals surface area contributed by atoms with Crippen LogP contribution in [-0.2, 0) is 20.7 Å². The van der Waals surface area contributed by atoms with Gasteiger partial charge in [0.05, 0.1) is 0 Å². The number of carbonyl (C=O) groups excluding carboxylic acids is 1. The third-order valence-electron chi connectivity index (χ3n) is 5.62. The van der Waals surface area contributed by atoms with Crippen LogP contribution in [0.5, 0.6) is 5.88 Å². The Morgan fingerprint density at radius 2 is 1.75 bits per heavy atom. The van der Waals surface area contributed by atoms with Crippen molar-refractivity contribution in [2.24, 2.45) is 0 Å². The molecule has 2 aromatic rings. The fourth-order valence-corrected chi connectivity index (χ4v) is 3.75. The predicted molar refractivity (Wildman–Crippen MR) is 126 cm³/mol. The van der Waals surface area contributed by atoms with Crippen LogP contribution in [0.4, 0.5) is 0 Å². The van der Waals surface area contributed by atoms with Gasteiger partial charge in [-0.25, -0.2) is 4.98 Å². The van der Waals surface area contributed by atoms with Crippen molar-refractivity contribution in [3.63, 3.8) is 0 Å². The normalized spacial score (nSPS) is 15.1. The molecule has 0 fully saturated rings. The summed E-state index contributed by atoms with van der Waals surface area (Å²) in [6.45, 7) is 4.34. The number of hydrogen-bond acceptors (Lipinski definition) is 5. The highest BCUT2D eigenvalue weighted by Crippen LogP contribution is 2.35. The molecule has 0 amide bonds. The third-order valence-corrected chi connectivity index (χ3v) is 5.62. The van der Waals surface area contributed by atoms with Gasteiger partial charge in [-0.05, 0) is 30.9 Å². The summed E-state index contributed by atoms with van der Waals surface area (Å²) in [7, 11) is 0. The number of rotatable bonds is 13. The molecule has 0 N–H and O–H groups in total. The Morgan fingerprint density at radius 3 is 2.53 bits per heavy atom. The van der Waals surface area contributed by atoms with Crippen molar-refractivity contribution >= 4 is 11.7 Å². The molecule has 0 saturated carbocycles. The van der Waals surface area contributed by atoms with E-state index in [4.69, 9.17) is 14.2 Å². The zero-order valence-electron chi connectivity index (χ0n) is 19.3. The van der Waals surface area contributed by atoms with Gasteiger partial charge in [-0.3, -0.25) is 4.79 Å². The van der Waals surface area contributed by atoms with Crippen molar-refractivity contribution in [1.82, 2.24) is 4.98 Å². The lowest BCUT2D eigenvalue weighted by Crippen LogP contribution is -2.08. The number of aryl methyl sites for hydroxylation is 1. The molecule has 0 saturated heterocycles. The first-order chi connectivity index (χ1) is 15.7. The van der Waals surface area contributed by atoms with Gasteiger partial charge in [0.2, 0.25) is 5.88 Å². The van der Waals surface area contributed by atoms with E-state index in [-0.39, 0.29) is 5.97 Å². The van der Waals surface area contributed by atoms with E-state index in [1.807, 2.05) is 12.1 Å². The SMILES string of the molecule is CCCCCCCc1ccccc1C1OC=C(c2ccc(OC(=O)CCCCC)nc2)O1. The van der Waals surface area contributed by atoms with Crippen molar-refractivity contribution in [3.8, 4) is 5.88 Å². The smallest absolute Gasteiger partial charge is 0.312 e. The molecule has 0 bridgehead atoms. The number of aromatic nitrogens is 1. The standard InChI is InChI=1S/C27H35NO4/c1-3-5-7-8-10-13-21-14-11-12-15-23(21)27-30-20-24(31-27)22-17-18-25(28-19-22)32-26(29)16-9-6-4-2/h11-12,14-15,17-20,27H,3-10,13,16H2,1-2H3. The first kappa shape index (κ1) is 23.8. The minimum atomic E-state index is -0.451. The largest absolute Gasteiger partial charge is 0.454 e. The molecule has 172 valence electrons. The first-order valence-electron chi connectivity index (χ1n) is 12.0. The Kier molecular flexibility index (Phi) is 9.60. The van der Waals surface area contributed by atoms with Gasteiger partial charge in [-0.2, -0.15) is 0 Å². The topological polar surface area (TPSA) is 57.7 Å². The van der Waals surface area contributed by atoms with Crippen molar-refractivity contribution < 1.29 is 19.0 Å². The van der Waals surface area contributed by atoms with Crippen LogP contribution < -0.4 is 4.74 Å². The van der Waals surface area contributed by atoms with E-state index in [9.17, 15) is 4.79 Å². The molecule has 5 nitrogen and oxygen atoms in total. The molecular weight excluding hydrogens is 402 g/mol. The summed E-state index contributed by atoms with van der Waals surface area (Å²) in [5.74, 6) is 0.686. The fourth-order valence-electron chi connectivity index (χ4n) is 3.75. The second-order valence-electron chi connectivity index (χ2n) is 8.25. The molecule has 5 heteroatoms. The molecule has 1 atom stereocenters. The van der Waals surface area contributed by atoms with Crippen LogP contribution >= 0.6 is 0 Å². The summed E-state index contributed by atoms with van der Waals surface area (Å²) in [4.78, 5) is 16.1. The minimum Gasteiger partial charge on any atom is -0.454 e. The third kappa shape index (κ3) is 7.11.